The lowest BCUT2D eigenvalue weighted by Gasteiger charge is -1.72. The minimum absolute atomic E-state index is 0.625. The Morgan fingerprint density at radius 1 is 2.00 bits per heavy atom. The van der Waals surface area contributed by atoms with Crippen LogP contribution in [-0.2, 0) is 0 Å². The highest BCUT2D eigenvalue weighted by molar-refractivity contribution is 7.93. The molecule has 0 aliphatic heterocycles. The Labute approximate surface area is 35.9 Å². The molecule has 0 atom stereocenters. The molecule has 0 aliphatic carbocycles. The highest BCUT2D eigenvalue weighted by Crippen LogP contribution is 1.86. The molecule has 0 rings (SSSR count). The molecule has 0 aromatic heterocycles. The van der Waals surface area contributed by atoms with Crippen LogP contribution in [0, 0.1) is 0 Å². The van der Waals surface area contributed by atoms with E-state index in [9.17, 15) is 0 Å². The van der Waals surface area contributed by atoms with Gasteiger partial charge in [-0.3, -0.25) is 0 Å². The molecule has 0 aromatic rings. The summed E-state index contributed by atoms with van der Waals surface area (Å²) in [4.78, 5) is 0. The van der Waals surface area contributed by atoms with Gasteiger partial charge in [-0.2, -0.15) is 0 Å². The summed E-state index contributed by atoms with van der Waals surface area (Å²) in [6.07, 6.45) is 1.64. The van der Waals surface area contributed by atoms with Gasteiger partial charge in [-0.1, -0.05) is 6.08 Å². The first-order valence-electron chi connectivity index (χ1n) is 1.29. The molecule has 0 aliphatic rings. The molecule has 0 aromatic carbocycles. The van der Waals surface area contributed by atoms with Crippen LogP contribution in [0.3, 0.4) is 0 Å². The van der Waals surface area contributed by atoms with Crippen molar-refractivity contribution in [2.75, 3.05) is 5.75 Å². The maximum absolute atomic E-state index is 7.91. The summed E-state index contributed by atoms with van der Waals surface area (Å²) in [6.45, 7) is 3.37. The van der Waals surface area contributed by atoms with Crippen LogP contribution in [0.5, 0.6) is 0 Å². The second-order valence-electron chi connectivity index (χ2n) is 0.584. The van der Waals surface area contributed by atoms with Crippen molar-refractivity contribution in [3.63, 3.8) is 0 Å². The molecule has 0 radical (unpaired) electrons. The zero-order valence-electron chi connectivity index (χ0n) is 2.85. The normalized spacial score (nSPS) is 7.40. The van der Waals surface area contributed by atoms with Gasteiger partial charge in [-0.15, -0.1) is 6.58 Å². The van der Waals surface area contributed by atoms with Gasteiger partial charge >= 0.3 is 0 Å². The van der Waals surface area contributed by atoms with Crippen LogP contribution in [0.15, 0.2) is 12.7 Å². The van der Waals surface area contributed by atoms with Gasteiger partial charge in [0.25, 0.3) is 0 Å². The lowest BCUT2D eigenvalue weighted by molar-refractivity contribution is 0.666. The maximum atomic E-state index is 7.91. The second kappa shape index (κ2) is 4.05. The molecule has 2 heteroatoms. The molecule has 0 heterocycles. The van der Waals surface area contributed by atoms with E-state index in [4.69, 9.17) is 4.55 Å². The Bertz CT molecular complexity index is 28.1. The molecule has 1 nitrogen and oxygen atoms in total. The van der Waals surface area contributed by atoms with Crippen molar-refractivity contribution in [2.24, 2.45) is 0 Å². The average Bonchev–Trinajstić information content (AvgIpc) is 1.41. The first kappa shape index (κ1) is 5.05. The summed E-state index contributed by atoms with van der Waals surface area (Å²) in [5, 5.41) is 0. The number of hydrogen-bond donors (Lipinski definition) is 1. The Kier molecular flexibility index (Phi) is 4.09. The summed E-state index contributed by atoms with van der Waals surface area (Å²) in [7, 11) is 0. The van der Waals surface area contributed by atoms with Gasteiger partial charge in [0, 0.05) is 5.75 Å². The van der Waals surface area contributed by atoms with Crippen molar-refractivity contribution in [3.05, 3.63) is 12.7 Å². The van der Waals surface area contributed by atoms with Gasteiger partial charge in [-0.25, -0.2) is 0 Å². The molecular formula is C3H6OS. The van der Waals surface area contributed by atoms with Gasteiger partial charge in [0.15, 0.2) is 0 Å². The van der Waals surface area contributed by atoms with Crippen LogP contribution < -0.4 is 0 Å². The standard InChI is InChI=1S/C3H6OS/c1-2-3-5-4/h2,4H,1,3H2. The van der Waals surface area contributed by atoms with E-state index in [-0.39, 0.29) is 0 Å². The molecule has 0 unspecified atom stereocenters. The van der Waals surface area contributed by atoms with Crippen LogP contribution >= 0.6 is 12.0 Å². The van der Waals surface area contributed by atoms with Crippen molar-refractivity contribution in [2.45, 2.75) is 0 Å². The lowest BCUT2D eigenvalue weighted by Crippen LogP contribution is -1.58. The smallest absolute Gasteiger partial charge is 0.0373 e. The highest BCUT2D eigenvalue weighted by atomic mass is 32.2. The van der Waals surface area contributed by atoms with Crippen LogP contribution in [0.25, 0.3) is 0 Å². The SMILES string of the molecule is C=CCSO. The van der Waals surface area contributed by atoms with E-state index in [1.165, 1.54) is 0 Å². The van der Waals surface area contributed by atoms with Gasteiger partial charge in [0.2, 0.25) is 0 Å². The predicted octanol–water partition coefficient (Wildman–Crippen LogP) is 1.38. The van der Waals surface area contributed by atoms with Gasteiger partial charge < -0.3 is 4.55 Å². The molecular weight excluding hydrogens is 84.1 g/mol. The fraction of sp³-hybridized carbons (Fsp3) is 0.333. The van der Waals surface area contributed by atoms with Crippen molar-refractivity contribution < 1.29 is 4.55 Å². The predicted molar refractivity (Wildman–Crippen MR) is 25.3 cm³/mol. The molecule has 0 fully saturated rings. The molecule has 0 saturated carbocycles. The Morgan fingerprint density at radius 2 is 2.60 bits per heavy atom. The Hall–Kier alpha value is 0.0500. The molecule has 5 heavy (non-hydrogen) atoms. The maximum Gasteiger partial charge on any atom is 0.0373 e. The fourth-order valence-corrected chi connectivity index (χ4v) is 0.158. The summed E-state index contributed by atoms with van der Waals surface area (Å²) < 4.78 is 7.91. The van der Waals surface area contributed by atoms with E-state index >= 15 is 0 Å². The van der Waals surface area contributed by atoms with E-state index in [1.807, 2.05) is 0 Å². The largest absolute Gasteiger partial charge is 0.330 e. The van der Waals surface area contributed by atoms with Crippen molar-refractivity contribution in [3.8, 4) is 0 Å². The average molecular weight is 90.1 g/mol. The second-order valence-corrected chi connectivity index (χ2v) is 1.18. The summed E-state index contributed by atoms with van der Waals surface area (Å²) in [5.74, 6) is 0.625. The molecule has 0 saturated heterocycles. The molecule has 0 amide bonds. The highest BCUT2D eigenvalue weighted by Gasteiger charge is 1.63. The molecule has 30 valence electrons. The van der Waals surface area contributed by atoms with E-state index in [2.05, 4.69) is 6.58 Å². The minimum Gasteiger partial charge on any atom is -0.330 e. The van der Waals surface area contributed by atoms with E-state index in [0.29, 0.717) is 5.75 Å². The third-order valence-corrected chi connectivity index (χ3v) is 0.577. The zero-order valence-corrected chi connectivity index (χ0v) is 3.66. The van der Waals surface area contributed by atoms with E-state index in [0.717, 1.165) is 12.0 Å². The van der Waals surface area contributed by atoms with E-state index < -0.39 is 0 Å². The zero-order chi connectivity index (χ0) is 4.12. The topological polar surface area (TPSA) is 20.2 Å². The lowest BCUT2D eigenvalue weighted by atomic mass is 10.8. The fourth-order valence-electron chi connectivity index (χ4n) is 0.0527. The van der Waals surface area contributed by atoms with Crippen LogP contribution in [0.1, 0.15) is 0 Å². The summed E-state index contributed by atoms with van der Waals surface area (Å²) >= 11 is 0.784. The summed E-state index contributed by atoms with van der Waals surface area (Å²) in [5.41, 5.74) is 0. The summed E-state index contributed by atoms with van der Waals surface area (Å²) in [6, 6.07) is 0. The monoisotopic (exact) mass is 90.0 g/mol. The van der Waals surface area contributed by atoms with Crippen LogP contribution in [-0.4, -0.2) is 10.3 Å². The third-order valence-electron chi connectivity index (χ3n) is 0.192. The van der Waals surface area contributed by atoms with Gasteiger partial charge in [0.05, 0.1) is 0 Å². The first-order chi connectivity index (χ1) is 2.41. The van der Waals surface area contributed by atoms with E-state index in [1.54, 1.807) is 6.08 Å². The first-order valence-corrected chi connectivity index (χ1v) is 2.23. The molecule has 0 bridgehead atoms. The number of rotatable bonds is 2. The number of hydrogen-bond acceptors (Lipinski definition) is 2. The van der Waals surface area contributed by atoms with Crippen molar-refractivity contribution >= 4 is 12.0 Å². The van der Waals surface area contributed by atoms with Crippen LogP contribution in [0.2, 0.25) is 0 Å². The van der Waals surface area contributed by atoms with Gasteiger partial charge in [-0.05, 0) is 12.0 Å². The quantitative estimate of drug-likeness (QED) is 0.408. The Morgan fingerprint density at radius 3 is 2.60 bits per heavy atom. The molecule has 0 spiro atoms. The third kappa shape index (κ3) is 4.05. The van der Waals surface area contributed by atoms with Crippen LogP contribution in [0.4, 0.5) is 0 Å². The minimum atomic E-state index is 0.625. The van der Waals surface area contributed by atoms with Crippen molar-refractivity contribution in [1.82, 2.24) is 0 Å². The van der Waals surface area contributed by atoms with Gasteiger partial charge in [0.1, 0.15) is 0 Å². The van der Waals surface area contributed by atoms with Crippen molar-refractivity contribution in [1.29, 1.82) is 0 Å². The Balaban J connectivity index is 2.40. The molecule has 1 N–H and O–H groups in total.